The first-order chi connectivity index (χ1) is 27.5. The normalized spacial score (nSPS) is 22.3. The van der Waals surface area contributed by atoms with Crippen molar-refractivity contribution in [3.05, 3.63) is 130 Å². The second-order valence-electron chi connectivity index (χ2n) is 16.2. The molecule has 0 heterocycles. The zero-order chi connectivity index (χ0) is 40.6. The Hall–Kier alpha value is -4.76. The van der Waals surface area contributed by atoms with Crippen LogP contribution < -0.4 is 9.47 Å². The first kappa shape index (κ1) is 41.9. The van der Waals surface area contributed by atoms with Crippen LogP contribution in [0.15, 0.2) is 103 Å². The van der Waals surface area contributed by atoms with E-state index in [2.05, 4.69) is 38.1 Å². The van der Waals surface area contributed by atoms with Gasteiger partial charge >= 0.3 is 0 Å². The minimum absolute atomic E-state index is 0.0761. The Morgan fingerprint density at radius 3 is 2.32 bits per heavy atom. The molecular formula is C49H59NO7. The number of aliphatic hydroxyl groups excluding tert-OH is 1. The average molecular weight is 774 g/mol. The highest BCUT2D eigenvalue weighted by Gasteiger charge is 2.57. The molecular weight excluding hydrogens is 715 g/mol. The molecule has 8 nitrogen and oxygen atoms in total. The largest absolute Gasteiger partial charge is 0.493 e. The maximum Gasteiger partial charge on any atom is 0.227 e. The molecule has 7 rings (SSSR count). The molecule has 3 aliphatic carbocycles. The van der Waals surface area contributed by atoms with Gasteiger partial charge in [0.15, 0.2) is 17.3 Å². The van der Waals surface area contributed by atoms with Crippen molar-refractivity contribution in [2.24, 2.45) is 5.41 Å². The number of hydrogen-bond donors (Lipinski definition) is 2. The Labute approximate surface area is 338 Å². The van der Waals surface area contributed by atoms with Gasteiger partial charge in [-0.1, -0.05) is 91.4 Å². The van der Waals surface area contributed by atoms with Crippen LogP contribution in [0.3, 0.4) is 0 Å². The van der Waals surface area contributed by atoms with Gasteiger partial charge in [-0.05, 0) is 110 Å². The van der Waals surface area contributed by atoms with Crippen molar-refractivity contribution in [2.75, 3.05) is 41.0 Å². The molecule has 0 aliphatic heterocycles. The molecule has 1 fully saturated rings. The molecule has 1 amide bonds. The van der Waals surface area contributed by atoms with E-state index in [1.807, 2.05) is 66.7 Å². The number of carbonyl (C=O) groups is 2. The third-order valence-electron chi connectivity index (χ3n) is 12.6. The van der Waals surface area contributed by atoms with Gasteiger partial charge in [0.05, 0.1) is 32.3 Å². The van der Waals surface area contributed by atoms with E-state index in [9.17, 15) is 19.8 Å². The van der Waals surface area contributed by atoms with Crippen LogP contribution in [0.4, 0.5) is 0 Å². The molecule has 4 aromatic carbocycles. The van der Waals surface area contributed by atoms with E-state index >= 15 is 0 Å². The topological polar surface area (TPSA) is 106 Å². The van der Waals surface area contributed by atoms with E-state index in [0.29, 0.717) is 74.3 Å². The lowest BCUT2D eigenvalue weighted by Gasteiger charge is -2.46. The predicted molar refractivity (Wildman–Crippen MR) is 225 cm³/mol. The SMILES string of the molecule is COCCCN(C[C@]1(O)CC[C@H]2c3ccc(cc3C(=O)c3ccc(-c4ccccc4)cc3)C[C@@H](O)CCC(C)=CCC[C@@]21C)C(=O)Cc1ccc(OC)c(OC)c1. The minimum Gasteiger partial charge on any atom is -0.493 e. The number of ketones is 1. The van der Waals surface area contributed by atoms with Gasteiger partial charge in [0.1, 0.15) is 0 Å². The van der Waals surface area contributed by atoms with Crippen molar-refractivity contribution in [2.45, 2.75) is 89.3 Å². The number of allylic oxidation sites excluding steroid dienone is 2. The van der Waals surface area contributed by atoms with Gasteiger partial charge in [-0.15, -0.1) is 0 Å². The van der Waals surface area contributed by atoms with Gasteiger partial charge in [-0.2, -0.15) is 0 Å². The summed E-state index contributed by atoms with van der Waals surface area (Å²) in [6, 6.07) is 29.5. The lowest BCUT2D eigenvalue weighted by molar-refractivity contribution is -0.139. The zero-order valence-corrected chi connectivity index (χ0v) is 34.3. The zero-order valence-electron chi connectivity index (χ0n) is 34.3. The molecule has 1 saturated carbocycles. The summed E-state index contributed by atoms with van der Waals surface area (Å²) < 4.78 is 16.3. The van der Waals surface area contributed by atoms with E-state index in [1.165, 1.54) is 5.57 Å². The lowest BCUT2D eigenvalue weighted by Crippen LogP contribution is -2.54. The Morgan fingerprint density at radius 2 is 1.60 bits per heavy atom. The number of rotatable bonds is 13. The van der Waals surface area contributed by atoms with Crippen molar-refractivity contribution >= 4 is 11.7 Å². The molecule has 0 saturated heterocycles. The number of carbonyl (C=O) groups excluding carboxylic acids is 2. The fourth-order valence-corrected chi connectivity index (χ4v) is 9.08. The Kier molecular flexibility index (Phi) is 13.7. The van der Waals surface area contributed by atoms with Crippen molar-refractivity contribution in [1.29, 1.82) is 0 Å². The van der Waals surface area contributed by atoms with Crippen LogP contribution in [-0.2, 0) is 22.4 Å². The van der Waals surface area contributed by atoms with E-state index in [4.69, 9.17) is 14.2 Å². The van der Waals surface area contributed by atoms with Crippen molar-refractivity contribution < 1.29 is 34.0 Å². The Morgan fingerprint density at radius 1 is 0.860 bits per heavy atom. The maximum atomic E-state index is 14.7. The van der Waals surface area contributed by atoms with E-state index in [0.717, 1.165) is 40.7 Å². The highest BCUT2D eigenvalue weighted by Crippen LogP contribution is 2.59. The third-order valence-corrected chi connectivity index (χ3v) is 12.6. The van der Waals surface area contributed by atoms with Crippen molar-refractivity contribution in [1.82, 2.24) is 4.90 Å². The summed E-state index contributed by atoms with van der Waals surface area (Å²) in [4.78, 5) is 30.7. The number of nitrogens with zero attached hydrogens (tertiary/aromatic N) is 1. The summed E-state index contributed by atoms with van der Waals surface area (Å²) >= 11 is 0. The quantitative estimate of drug-likeness (QED) is 0.0796. The van der Waals surface area contributed by atoms with Crippen LogP contribution in [0.25, 0.3) is 11.1 Å². The summed E-state index contributed by atoms with van der Waals surface area (Å²) in [6.45, 7) is 5.35. The predicted octanol–water partition coefficient (Wildman–Crippen LogP) is 8.75. The molecule has 8 heteroatoms. The van der Waals surface area contributed by atoms with Gasteiger partial charge < -0.3 is 29.3 Å². The average Bonchev–Trinajstić information content (AvgIpc) is 3.48. The molecule has 302 valence electrons. The Bertz CT molecular complexity index is 2030. The van der Waals surface area contributed by atoms with E-state index in [1.54, 1.807) is 32.3 Å². The summed E-state index contributed by atoms with van der Waals surface area (Å²) in [5.41, 5.74) is 5.20. The van der Waals surface area contributed by atoms with Crippen LogP contribution >= 0.6 is 0 Å². The summed E-state index contributed by atoms with van der Waals surface area (Å²) in [6.07, 6.45) is 6.82. The minimum atomic E-state index is -1.25. The molecule has 0 aromatic heterocycles. The van der Waals surface area contributed by atoms with Crippen molar-refractivity contribution in [3.63, 3.8) is 0 Å². The molecule has 4 atom stereocenters. The van der Waals surface area contributed by atoms with E-state index in [-0.39, 0.29) is 30.6 Å². The summed E-state index contributed by atoms with van der Waals surface area (Å²) in [7, 11) is 4.81. The van der Waals surface area contributed by atoms with Crippen LogP contribution in [0.1, 0.15) is 97.3 Å². The van der Waals surface area contributed by atoms with Crippen LogP contribution in [0.5, 0.6) is 11.5 Å². The van der Waals surface area contributed by atoms with Crippen LogP contribution in [-0.4, -0.2) is 79.5 Å². The fourth-order valence-electron chi connectivity index (χ4n) is 9.08. The summed E-state index contributed by atoms with van der Waals surface area (Å²) in [5, 5.41) is 24.1. The monoisotopic (exact) mass is 773 g/mol. The standard InChI is InChI=1S/C49H59NO7/c1-34-11-9-25-48(2)43(24-26-49(48,54)33-50(27-10-28-55-3)46(52)32-36-16-23-44(56-4)45(31-36)57-5)41-22-15-35(29-40(51)21-14-34)30-42(41)47(53)39-19-17-38(18-20-39)37-12-7-6-8-13-37/h6-8,11-13,15-20,22-23,30-31,40,43,51,54H,9-10,14,21,24-29,32-33H2,1-5H3/t40-,43-,48-,49+/m0/s1. The number of hydrogen-bond acceptors (Lipinski definition) is 7. The number of amides is 1. The molecule has 3 aliphatic rings. The number of aliphatic hydroxyl groups is 2. The van der Waals surface area contributed by atoms with Crippen molar-refractivity contribution in [3.8, 4) is 22.6 Å². The number of ether oxygens (including phenoxy) is 3. The molecule has 2 bridgehead atoms. The molecule has 57 heavy (non-hydrogen) atoms. The van der Waals surface area contributed by atoms with Gasteiger partial charge in [0.2, 0.25) is 5.91 Å². The van der Waals surface area contributed by atoms with E-state index < -0.39 is 17.1 Å². The van der Waals surface area contributed by atoms with Gasteiger partial charge in [0.25, 0.3) is 0 Å². The number of benzene rings is 4. The molecule has 2 N–H and O–H groups in total. The second-order valence-corrected chi connectivity index (χ2v) is 16.2. The molecule has 0 radical (unpaired) electrons. The maximum absolute atomic E-state index is 14.7. The number of methoxy groups -OCH3 is 3. The molecule has 0 spiro atoms. The van der Waals surface area contributed by atoms with Crippen LogP contribution in [0, 0.1) is 5.41 Å². The first-order valence-electron chi connectivity index (χ1n) is 20.3. The highest BCUT2D eigenvalue weighted by molar-refractivity contribution is 6.10. The smallest absolute Gasteiger partial charge is 0.227 e. The highest BCUT2D eigenvalue weighted by atomic mass is 16.5. The van der Waals surface area contributed by atoms with Gasteiger partial charge in [0, 0.05) is 43.3 Å². The third kappa shape index (κ3) is 9.52. The number of fused-ring (bicyclic) bond motifs is 8. The summed E-state index contributed by atoms with van der Waals surface area (Å²) in [5.74, 6) is 0.817. The Balaban J connectivity index is 1.37. The molecule has 4 aromatic rings. The van der Waals surface area contributed by atoms with Crippen LogP contribution in [0.2, 0.25) is 0 Å². The van der Waals surface area contributed by atoms with Gasteiger partial charge in [-0.25, -0.2) is 0 Å². The van der Waals surface area contributed by atoms with Gasteiger partial charge in [-0.3, -0.25) is 9.59 Å². The lowest BCUT2D eigenvalue weighted by atomic mass is 9.64. The first-order valence-corrected chi connectivity index (χ1v) is 20.3. The fraction of sp³-hybridized carbons (Fsp3) is 0.429. The molecule has 0 unspecified atom stereocenters. The second kappa shape index (κ2) is 18.7.